The highest BCUT2D eigenvalue weighted by Gasteiger charge is 2.02. The zero-order chi connectivity index (χ0) is 13.0. The second kappa shape index (κ2) is 6.06. The van der Waals surface area contributed by atoms with E-state index in [4.69, 9.17) is 0 Å². The van der Waals surface area contributed by atoms with Crippen LogP contribution in [-0.4, -0.2) is 26.3 Å². The molecule has 6 heteroatoms. The molecule has 0 unspecified atom stereocenters. The Morgan fingerprint density at radius 2 is 2.11 bits per heavy atom. The van der Waals surface area contributed by atoms with Crippen molar-refractivity contribution >= 4 is 15.9 Å². The third kappa shape index (κ3) is 3.61. The van der Waals surface area contributed by atoms with Crippen LogP contribution in [0.3, 0.4) is 0 Å². The fraction of sp³-hybridized carbons (Fsp3) is 0.417. The van der Waals surface area contributed by atoms with Gasteiger partial charge in [-0.15, -0.1) is 0 Å². The maximum absolute atomic E-state index is 4.36. The van der Waals surface area contributed by atoms with E-state index in [1.165, 1.54) is 0 Å². The molecular weight excluding hydrogens is 294 g/mol. The Morgan fingerprint density at radius 3 is 2.67 bits per heavy atom. The van der Waals surface area contributed by atoms with Crippen LogP contribution in [0.1, 0.15) is 19.5 Å². The van der Waals surface area contributed by atoms with Crippen molar-refractivity contribution in [3.05, 3.63) is 35.0 Å². The smallest absolute Gasteiger partial charge is 0.171 e. The van der Waals surface area contributed by atoms with Gasteiger partial charge in [-0.2, -0.15) is 5.10 Å². The monoisotopic (exact) mass is 309 g/mol. The number of halogens is 1. The summed E-state index contributed by atoms with van der Waals surface area (Å²) in [5.41, 5.74) is 0.936. The van der Waals surface area contributed by atoms with Gasteiger partial charge in [0, 0.05) is 12.7 Å². The fourth-order valence-corrected chi connectivity index (χ4v) is 1.76. The lowest BCUT2D eigenvalue weighted by atomic mass is 10.2. The van der Waals surface area contributed by atoms with E-state index in [0.717, 1.165) is 23.3 Å². The third-order valence-corrected chi connectivity index (χ3v) is 2.75. The van der Waals surface area contributed by atoms with Gasteiger partial charge in [0.1, 0.15) is 0 Å². The fourth-order valence-electron chi connectivity index (χ4n) is 1.47. The zero-order valence-corrected chi connectivity index (χ0v) is 12.1. The highest BCUT2D eigenvalue weighted by molar-refractivity contribution is 9.10. The molecule has 0 saturated heterocycles. The molecule has 0 aliphatic rings. The van der Waals surface area contributed by atoms with E-state index >= 15 is 0 Å². The molecule has 0 spiro atoms. The number of hydrogen-bond donors (Lipinski definition) is 1. The lowest BCUT2D eigenvalue weighted by molar-refractivity contribution is 0.547. The van der Waals surface area contributed by atoms with E-state index in [9.17, 15) is 0 Å². The molecule has 0 aliphatic heterocycles. The molecule has 0 bridgehead atoms. The molecule has 0 fully saturated rings. The molecule has 0 radical (unpaired) electrons. The summed E-state index contributed by atoms with van der Waals surface area (Å²) in [7, 11) is 0. The van der Waals surface area contributed by atoms with Gasteiger partial charge in [0.25, 0.3) is 0 Å². The highest BCUT2D eigenvalue weighted by Crippen LogP contribution is 2.09. The molecule has 2 aromatic heterocycles. The summed E-state index contributed by atoms with van der Waals surface area (Å²) in [6.07, 6.45) is 7.07. The minimum absolute atomic E-state index is 0.638. The summed E-state index contributed by atoms with van der Waals surface area (Å²) in [6, 6.07) is 0. The first-order valence-electron chi connectivity index (χ1n) is 5.87. The summed E-state index contributed by atoms with van der Waals surface area (Å²) in [6.45, 7) is 6.08. The van der Waals surface area contributed by atoms with Crippen molar-refractivity contribution in [2.45, 2.75) is 20.4 Å². The highest BCUT2D eigenvalue weighted by atomic mass is 79.9. The number of aromatic nitrogens is 4. The largest absolute Gasteiger partial charge is 0.311 e. The first-order valence-corrected chi connectivity index (χ1v) is 6.66. The summed E-state index contributed by atoms with van der Waals surface area (Å²) in [4.78, 5) is 8.70. The Kier molecular flexibility index (Phi) is 4.43. The average molecular weight is 310 g/mol. The quantitative estimate of drug-likeness (QED) is 0.919. The van der Waals surface area contributed by atoms with Gasteiger partial charge >= 0.3 is 0 Å². The summed E-state index contributed by atoms with van der Waals surface area (Å²) in [5, 5.41) is 7.48. The minimum atomic E-state index is 0.638. The summed E-state index contributed by atoms with van der Waals surface area (Å²) in [5.74, 6) is 1.35. The molecule has 2 aromatic rings. The van der Waals surface area contributed by atoms with Crippen molar-refractivity contribution in [1.82, 2.24) is 25.1 Å². The van der Waals surface area contributed by atoms with E-state index in [1.807, 2.05) is 6.20 Å². The average Bonchev–Trinajstić information content (AvgIpc) is 2.76. The van der Waals surface area contributed by atoms with E-state index < -0.39 is 0 Å². The van der Waals surface area contributed by atoms with Gasteiger partial charge in [-0.05, 0) is 28.4 Å². The van der Waals surface area contributed by atoms with E-state index in [-0.39, 0.29) is 0 Å². The topological polar surface area (TPSA) is 55.6 Å². The molecule has 18 heavy (non-hydrogen) atoms. The summed E-state index contributed by atoms with van der Waals surface area (Å²) < 4.78 is 2.61. The van der Waals surface area contributed by atoms with Gasteiger partial charge in [-0.3, -0.25) is 4.98 Å². The van der Waals surface area contributed by atoms with E-state index in [2.05, 4.69) is 50.2 Å². The summed E-state index contributed by atoms with van der Waals surface area (Å²) >= 11 is 3.35. The van der Waals surface area contributed by atoms with Gasteiger partial charge < -0.3 is 5.32 Å². The molecule has 1 N–H and O–H groups in total. The second-order valence-electron chi connectivity index (χ2n) is 4.49. The third-order valence-electron chi connectivity index (χ3n) is 2.34. The molecule has 0 saturated carbocycles. The number of nitrogens with one attached hydrogen (secondary N) is 1. The van der Waals surface area contributed by atoms with Crippen molar-refractivity contribution in [3.8, 4) is 5.82 Å². The van der Waals surface area contributed by atoms with Crippen LogP contribution < -0.4 is 5.32 Å². The number of nitrogens with zero attached hydrogens (tertiary/aromatic N) is 4. The minimum Gasteiger partial charge on any atom is -0.311 e. The van der Waals surface area contributed by atoms with Crippen LogP contribution in [0.25, 0.3) is 5.82 Å². The van der Waals surface area contributed by atoms with Crippen molar-refractivity contribution in [1.29, 1.82) is 0 Å². The Balaban J connectivity index is 1.97. The van der Waals surface area contributed by atoms with Crippen LogP contribution in [0.15, 0.2) is 29.3 Å². The predicted molar refractivity (Wildman–Crippen MR) is 73.4 cm³/mol. The van der Waals surface area contributed by atoms with Gasteiger partial charge in [0.2, 0.25) is 0 Å². The van der Waals surface area contributed by atoms with Crippen LogP contribution in [0.5, 0.6) is 0 Å². The molecule has 0 aliphatic carbocycles. The number of hydrogen-bond acceptors (Lipinski definition) is 4. The zero-order valence-electron chi connectivity index (χ0n) is 10.5. The molecule has 0 aromatic carbocycles. The van der Waals surface area contributed by atoms with Crippen LogP contribution >= 0.6 is 15.9 Å². The normalized spacial score (nSPS) is 11.1. The van der Waals surface area contributed by atoms with Crippen LogP contribution in [-0.2, 0) is 6.54 Å². The maximum Gasteiger partial charge on any atom is 0.171 e. The second-order valence-corrected chi connectivity index (χ2v) is 5.41. The predicted octanol–water partition coefficient (Wildman–Crippen LogP) is 2.17. The molecule has 0 amide bonds. The van der Waals surface area contributed by atoms with Crippen molar-refractivity contribution in [2.24, 2.45) is 5.92 Å². The standard InChI is InChI=1S/C12H16BrN5/c1-9(2)3-14-5-11-6-16-12(7-15-11)18-8-10(13)4-17-18/h4,6-9,14H,3,5H2,1-2H3. The van der Waals surface area contributed by atoms with E-state index in [1.54, 1.807) is 23.3 Å². The van der Waals surface area contributed by atoms with Gasteiger partial charge in [0.05, 0.1) is 28.8 Å². The van der Waals surface area contributed by atoms with Crippen LogP contribution in [0.4, 0.5) is 0 Å². The Morgan fingerprint density at radius 1 is 1.28 bits per heavy atom. The molecule has 96 valence electrons. The van der Waals surface area contributed by atoms with Crippen molar-refractivity contribution in [3.63, 3.8) is 0 Å². The number of rotatable bonds is 5. The molecular formula is C12H16BrN5. The van der Waals surface area contributed by atoms with Crippen molar-refractivity contribution in [2.75, 3.05) is 6.54 Å². The molecule has 2 rings (SSSR count). The Bertz CT molecular complexity index is 491. The van der Waals surface area contributed by atoms with Crippen LogP contribution in [0.2, 0.25) is 0 Å². The maximum atomic E-state index is 4.36. The first-order chi connectivity index (χ1) is 8.65. The molecule has 0 atom stereocenters. The van der Waals surface area contributed by atoms with Crippen LogP contribution in [0, 0.1) is 5.92 Å². The van der Waals surface area contributed by atoms with Gasteiger partial charge in [-0.25, -0.2) is 9.67 Å². The van der Waals surface area contributed by atoms with Gasteiger partial charge in [-0.1, -0.05) is 13.8 Å². The molecule has 2 heterocycles. The Hall–Kier alpha value is -1.27. The first kappa shape index (κ1) is 13.2. The van der Waals surface area contributed by atoms with E-state index in [0.29, 0.717) is 11.7 Å². The van der Waals surface area contributed by atoms with Crippen molar-refractivity contribution < 1.29 is 0 Å². The van der Waals surface area contributed by atoms with Gasteiger partial charge in [0.15, 0.2) is 5.82 Å². The lowest BCUT2D eigenvalue weighted by Crippen LogP contribution is -2.19. The SMILES string of the molecule is CC(C)CNCc1cnc(-n2cc(Br)cn2)cn1. The molecule has 5 nitrogen and oxygen atoms in total. The Labute approximate surface area is 115 Å². The lowest BCUT2D eigenvalue weighted by Gasteiger charge is -2.07.